The summed E-state index contributed by atoms with van der Waals surface area (Å²) in [4.78, 5) is 14.4. The first kappa shape index (κ1) is 14.6. The second-order valence-corrected chi connectivity index (χ2v) is 6.68. The average molecular weight is 328 g/mol. The zero-order chi connectivity index (χ0) is 15.8. The molecule has 2 aromatic carbocycles. The largest absolute Gasteiger partial charge is 0.445 e. The molecule has 4 rings (SSSR count). The molecule has 0 aromatic heterocycles. The Bertz CT molecular complexity index is 731. The average Bonchev–Trinajstić information content (AvgIpc) is 2.86. The van der Waals surface area contributed by atoms with Crippen LogP contribution in [0.4, 0.5) is 4.79 Å². The van der Waals surface area contributed by atoms with Crippen molar-refractivity contribution in [3.05, 3.63) is 70.2 Å². The molecule has 0 N–H and O–H groups in total. The van der Waals surface area contributed by atoms with Crippen LogP contribution in [-0.4, -0.2) is 17.5 Å². The van der Waals surface area contributed by atoms with Crippen molar-refractivity contribution in [2.45, 2.75) is 31.4 Å². The van der Waals surface area contributed by atoms with E-state index < -0.39 is 0 Å². The third-order valence-corrected chi connectivity index (χ3v) is 5.12. The Morgan fingerprint density at radius 3 is 2.83 bits per heavy atom. The number of likely N-dealkylation sites (tertiary alicyclic amines) is 1. The highest BCUT2D eigenvalue weighted by atomic mass is 35.5. The van der Waals surface area contributed by atoms with Crippen molar-refractivity contribution in [2.75, 3.05) is 6.54 Å². The summed E-state index contributed by atoms with van der Waals surface area (Å²) in [6.07, 6.45) is 1.74. The summed E-state index contributed by atoms with van der Waals surface area (Å²) in [6.45, 7) is 1.06. The lowest BCUT2D eigenvalue weighted by atomic mass is 9.96. The number of amides is 1. The molecule has 3 nitrogen and oxygen atoms in total. The maximum absolute atomic E-state index is 12.5. The molecule has 2 aliphatic rings. The summed E-state index contributed by atoms with van der Waals surface area (Å²) in [5, 5.41) is 0.773. The van der Waals surface area contributed by atoms with E-state index in [1.165, 1.54) is 11.1 Å². The van der Waals surface area contributed by atoms with Gasteiger partial charge in [0.15, 0.2) is 0 Å². The van der Waals surface area contributed by atoms with Crippen molar-refractivity contribution in [2.24, 2.45) is 0 Å². The van der Waals surface area contributed by atoms with Crippen molar-refractivity contribution in [3.63, 3.8) is 0 Å². The molecule has 0 spiro atoms. The van der Waals surface area contributed by atoms with Crippen LogP contribution in [0.5, 0.6) is 0 Å². The van der Waals surface area contributed by atoms with Gasteiger partial charge in [-0.05, 0) is 47.6 Å². The van der Waals surface area contributed by atoms with Crippen molar-refractivity contribution >= 4 is 17.7 Å². The maximum Gasteiger partial charge on any atom is 0.410 e. The van der Waals surface area contributed by atoms with Crippen LogP contribution in [0.1, 0.15) is 41.5 Å². The maximum atomic E-state index is 12.5. The summed E-state index contributed by atoms with van der Waals surface area (Å²) in [6, 6.07) is 15.9. The number of rotatable bonds is 2. The fourth-order valence-electron chi connectivity index (χ4n) is 3.77. The van der Waals surface area contributed by atoms with Crippen molar-refractivity contribution in [3.8, 4) is 0 Å². The normalized spacial score (nSPS) is 21.9. The Labute approximate surface area is 140 Å². The number of carbonyl (C=O) groups is 1. The van der Waals surface area contributed by atoms with Crippen LogP contribution >= 0.6 is 11.6 Å². The van der Waals surface area contributed by atoms with Crippen LogP contribution in [0.2, 0.25) is 5.02 Å². The predicted molar refractivity (Wildman–Crippen MR) is 89.5 cm³/mol. The molecule has 1 aliphatic carbocycles. The molecule has 4 heteroatoms. The minimum Gasteiger partial charge on any atom is -0.445 e. The Hall–Kier alpha value is -2.00. The van der Waals surface area contributed by atoms with Gasteiger partial charge in [0, 0.05) is 11.6 Å². The Balaban J connectivity index is 1.49. The quantitative estimate of drug-likeness (QED) is 0.784. The number of nitrogens with zero attached hydrogens (tertiary/aromatic N) is 1. The monoisotopic (exact) mass is 327 g/mol. The van der Waals surface area contributed by atoms with Gasteiger partial charge in [-0.25, -0.2) is 4.79 Å². The Morgan fingerprint density at radius 1 is 1.17 bits per heavy atom. The van der Waals surface area contributed by atoms with Crippen LogP contribution in [0, 0.1) is 0 Å². The minimum atomic E-state index is -0.222. The highest BCUT2D eigenvalue weighted by molar-refractivity contribution is 6.30. The molecule has 1 unspecified atom stereocenters. The molecule has 1 heterocycles. The molecule has 2 bridgehead atoms. The van der Waals surface area contributed by atoms with Crippen molar-refractivity contribution in [1.29, 1.82) is 0 Å². The van der Waals surface area contributed by atoms with Crippen LogP contribution < -0.4 is 0 Å². The van der Waals surface area contributed by atoms with E-state index in [0.717, 1.165) is 30.0 Å². The van der Waals surface area contributed by atoms with Gasteiger partial charge in [0.25, 0.3) is 0 Å². The molecule has 23 heavy (non-hydrogen) atoms. The highest BCUT2D eigenvalue weighted by Gasteiger charge is 2.41. The summed E-state index contributed by atoms with van der Waals surface area (Å²) in [5.74, 6) is 0.520. The molecule has 2 atom stereocenters. The van der Waals surface area contributed by atoms with E-state index in [4.69, 9.17) is 16.3 Å². The number of ether oxygens (including phenoxy) is 1. The van der Waals surface area contributed by atoms with E-state index >= 15 is 0 Å². The first-order chi connectivity index (χ1) is 11.2. The van der Waals surface area contributed by atoms with E-state index in [1.54, 1.807) is 0 Å². The van der Waals surface area contributed by atoms with Crippen molar-refractivity contribution < 1.29 is 9.53 Å². The number of fused-ring (bicyclic) bond motifs is 5. The lowest BCUT2D eigenvalue weighted by molar-refractivity contribution is 0.0694. The van der Waals surface area contributed by atoms with Gasteiger partial charge in [0.1, 0.15) is 6.61 Å². The van der Waals surface area contributed by atoms with E-state index in [9.17, 15) is 4.79 Å². The molecule has 1 amide bonds. The minimum absolute atomic E-state index is 0.129. The van der Waals surface area contributed by atoms with Gasteiger partial charge < -0.3 is 9.64 Å². The molecule has 118 valence electrons. The Kier molecular flexibility index (Phi) is 3.74. The highest BCUT2D eigenvalue weighted by Crippen LogP contribution is 2.49. The molecule has 1 fully saturated rings. The van der Waals surface area contributed by atoms with Crippen molar-refractivity contribution in [1.82, 2.24) is 4.90 Å². The standard InChI is InChI=1S/C19H18ClNO2/c20-15-6-7-16-17(11-15)14-8-9-21(18(16)10-14)19(22)23-12-13-4-2-1-3-5-13/h1-7,11,14,18H,8-10,12H2/t14?,18-/m1/s1. The van der Waals surface area contributed by atoms with Gasteiger partial charge in [0.2, 0.25) is 0 Å². The van der Waals surface area contributed by atoms with Gasteiger partial charge in [-0.1, -0.05) is 48.0 Å². The second-order valence-electron chi connectivity index (χ2n) is 6.24. The predicted octanol–water partition coefficient (Wildman–Crippen LogP) is 4.91. The molecule has 1 aliphatic heterocycles. The fourth-order valence-corrected chi connectivity index (χ4v) is 3.95. The van der Waals surface area contributed by atoms with E-state index in [0.29, 0.717) is 12.5 Å². The van der Waals surface area contributed by atoms with Crippen LogP contribution in [0.3, 0.4) is 0 Å². The SMILES string of the molecule is O=C(OCc1ccccc1)N1CCC2C[C@@H]1c1ccc(Cl)cc12. The molecule has 0 saturated carbocycles. The number of hydrogen-bond donors (Lipinski definition) is 0. The van der Waals surface area contributed by atoms with Gasteiger partial charge in [0.05, 0.1) is 6.04 Å². The Morgan fingerprint density at radius 2 is 2.00 bits per heavy atom. The number of halogens is 1. The van der Waals surface area contributed by atoms with Crippen LogP contribution in [0.25, 0.3) is 0 Å². The van der Waals surface area contributed by atoms with Gasteiger partial charge in [-0.15, -0.1) is 0 Å². The van der Waals surface area contributed by atoms with Crippen LogP contribution in [0.15, 0.2) is 48.5 Å². The van der Waals surface area contributed by atoms with Crippen LogP contribution in [-0.2, 0) is 11.3 Å². The second kappa shape index (κ2) is 5.89. The number of benzene rings is 2. The number of piperidine rings is 1. The third-order valence-electron chi connectivity index (χ3n) is 4.89. The lowest BCUT2D eigenvalue weighted by Gasteiger charge is -2.32. The molecule has 0 radical (unpaired) electrons. The number of hydrogen-bond acceptors (Lipinski definition) is 2. The topological polar surface area (TPSA) is 29.5 Å². The first-order valence-corrected chi connectivity index (χ1v) is 8.37. The number of carbonyl (C=O) groups excluding carboxylic acids is 1. The van der Waals surface area contributed by atoms with Gasteiger partial charge in [-0.2, -0.15) is 0 Å². The zero-order valence-electron chi connectivity index (χ0n) is 12.7. The summed E-state index contributed by atoms with van der Waals surface area (Å²) < 4.78 is 5.52. The van der Waals surface area contributed by atoms with E-state index in [2.05, 4.69) is 12.1 Å². The fraction of sp³-hybridized carbons (Fsp3) is 0.316. The van der Waals surface area contributed by atoms with E-state index in [1.807, 2.05) is 41.3 Å². The lowest BCUT2D eigenvalue weighted by Crippen LogP contribution is -2.37. The smallest absolute Gasteiger partial charge is 0.410 e. The molecule has 2 aromatic rings. The first-order valence-electron chi connectivity index (χ1n) is 7.99. The van der Waals surface area contributed by atoms with Gasteiger partial charge in [-0.3, -0.25) is 0 Å². The third kappa shape index (κ3) is 2.70. The van der Waals surface area contributed by atoms with Gasteiger partial charge >= 0.3 is 6.09 Å². The summed E-state index contributed by atoms with van der Waals surface area (Å²) >= 11 is 6.13. The molecule has 1 saturated heterocycles. The molecular weight excluding hydrogens is 310 g/mol. The summed E-state index contributed by atoms with van der Waals surface area (Å²) in [7, 11) is 0. The van der Waals surface area contributed by atoms with E-state index in [-0.39, 0.29) is 12.1 Å². The molecular formula is C19H18ClNO2. The summed E-state index contributed by atoms with van der Waals surface area (Å²) in [5.41, 5.74) is 3.55. The zero-order valence-corrected chi connectivity index (χ0v) is 13.5.